The zero-order valence-corrected chi connectivity index (χ0v) is 11.4. The standard InChI is InChI=1S/C13H19N3O3/c1-9(10(2)14)13(17)15(3)8-11-5-4-6-12(7-11)16(18)19/h4-7,9-10H,8,14H2,1-3H3. The molecule has 1 amide bonds. The fourth-order valence-corrected chi connectivity index (χ4v) is 1.69. The zero-order chi connectivity index (χ0) is 14.6. The highest BCUT2D eigenvalue weighted by molar-refractivity contribution is 5.78. The average molecular weight is 265 g/mol. The van der Waals surface area contributed by atoms with Crippen molar-refractivity contribution in [2.75, 3.05) is 7.05 Å². The van der Waals surface area contributed by atoms with Crippen LogP contribution in [0, 0.1) is 16.0 Å². The van der Waals surface area contributed by atoms with Crippen LogP contribution in [0.15, 0.2) is 24.3 Å². The number of rotatable bonds is 5. The minimum Gasteiger partial charge on any atom is -0.341 e. The molecular formula is C13H19N3O3. The lowest BCUT2D eigenvalue weighted by atomic mass is 10.0. The summed E-state index contributed by atoms with van der Waals surface area (Å²) in [6.07, 6.45) is 0. The van der Waals surface area contributed by atoms with Gasteiger partial charge >= 0.3 is 0 Å². The molecule has 0 bridgehead atoms. The van der Waals surface area contributed by atoms with Gasteiger partial charge in [0.2, 0.25) is 5.91 Å². The molecule has 0 fully saturated rings. The molecule has 0 aliphatic rings. The van der Waals surface area contributed by atoms with Crippen molar-refractivity contribution in [3.63, 3.8) is 0 Å². The van der Waals surface area contributed by atoms with Crippen LogP contribution in [-0.2, 0) is 11.3 Å². The number of amides is 1. The molecule has 1 rings (SSSR count). The van der Waals surface area contributed by atoms with Crippen LogP contribution in [0.25, 0.3) is 0 Å². The fourth-order valence-electron chi connectivity index (χ4n) is 1.69. The van der Waals surface area contributed by atoms with E-state index in [2.05, 4.69) is 0 Å². The van der Waals surface area contributed by atoms with E-state index in [0.717, 1.165) is 5.56 Å². The van der Waals surface area contributed by atoms with Crippen molar-refractivity contribution < 1.29 is 9.72 Å². The molecule has 0 aliphatic carbocycles. The molecule has 0 saturated carbocycles. The molecule has 2 N–H and O–H groups in total. The maximum Gasteiger partial charge on any atom is 0.269 e. The van der Waals surface area contributed by atoms with Gasteiger partial charge in [-0.05, 0) is 12.5 Å². The van der Waals surface area contributed by atoms with Crippen LogP contribution in [0.3, 0.4) is 0 Å². The average Bonchev–Trinajstić information content (AvgIpc) is 2.37. The van der Waals surface area contributed by atoms with Crippen molar-refractivity contribution in [2.24, 2.45) is 11.7 Å². The number of carbonyl (C=O) groups excluding carboxylic acids is 1. The van der Waals surface area contributed by atoms with Gasteiger partial charge in [0.1, 0.15) is 0 Å². The van der Waals surface area contributed by atoms with Crippen molar-refractivity contribution >= 4 is 11.6 Å². The summed E-state index contributed by atoms with van der Waals surface area (Å²) in [6, 6.07) is 6.05. The van der Waals surface area contributed by atoms with Gasteiger partial charge in [-0.15, -0.1) is 0 Å². The summed E-state index contributed by atoms with van der Waals surface area (Å²) >= 11 is 0. The minimum atomic E-state index is -0.449. The van der Waals surface area contributed by atoms with Crippen LogP contribution in [0.1, 0.15) is 19.4 Å². The van der Waals surface area contributed by atoms with E-state index in [1.54, 1.807) is 33.0 Å². The summed E-state index contributed by atoms with van der Waals surface area (Å²) in [4.78, 5) is 23.8. The van der Waals surface area contributed by atoms with Gasteiger partial charge in [-0.3, -0.25) is 14.9 Å². The van der Waals surface area contributed by atoms with Gasteiger partial charge in [0.05, 0.1) is 10.8 Å². The minimum absolute atomic E-state index is 0.0265. The second kappa shape index (κ2) is 6.29. The molecule has 1 aromatic rings. The van der Waals surface area contributed by atoms with Crippen LogP contribution in [0.2, 0.25) is 0 Å². The quantitative estimate of drug-likeness (QED) is 0.646. The Balaban J connectivity index is 2.76. The van der Waals surface area contributed by atoms with Crippen LogP contribution in [-0.4, -0.2) is 28.8 Å². The first-order valence-electron chi connectivity index (χ1n) is 6.06. The lowest BCUT2D eigenvalue weighted by molar-refractivity contribution is -0.384. The van der Waals surface area contributed by atoms with Gasteiger partial charge < -0.3 is 10.6 Å². The van der Waals surface area contributed by atoms with Gasteiger partial charge in [-0.1, -0.05) is 19.1 Å². The monoisotopic (exact) mass is 265 g/mol. The molecular weight excluding hydrogens is 246 g/mol. The lowest BCUT2D eigenvalue weighted by Crippen LogP contribution is -2.39. The largest absolute Gasteiger partial charge is 0.341 e. The third-order valence-electron chi connectivity index (χ3n) is 3.10. The Bertz CT molecular complexity index is 474. The maximum atomic E-state index is 12.0. The van der Waals surface area contributed by atoms with Crippen molar-refractivity contribution in [3.8, 4) is 0 Å². The molecule has 0 aromatic heterocycles. The first-order chi connectivity index (χ1) is 8.82. The third-order valence-corrected chi connectivity index (χ3v) is 3.10. The van der Waals surface area contributed by atoms with E-state index in [9.17, 15) is 14.9 Å². The molecule has 0 saturated heterocycles. The molecule has 2 unspecified atom stereocenters. The molecule has 19 heavy (non-hydrogen) atoms. The van der Waals surface area contributed by atoms with E-state index in [0.29, 0.717) is 6.54 Å². The molecule has 0 aliphatic heterocycles. The first kappa shape index (κ1) is 15.1. The number of benzene rings is 1. The summed E-state index contributed by atoms with van der Waals surface area (Å²) in [7, 11) is 1.67. The fraction of sp³-hybridized carbons (Fsp3) is 0.462. The van der Waals surface area contributed by atoms with Crippen LogP contribution in [0.4, 0.5) is 5.69 Å². The van der Waals surface area contributed by atoms with Crippen LogP contribution >= 0.6 is 0 Å². The predicted octanol–water partition coefficient (Wildman–Crippen LogP) is 1.54. The Morgan fingerprint density at radius 1 is 1.47 bits per heavy atom. The van der Waals surface area contributed by atoms with Gasteiger partial charge in [-0.25, -0.2) is 0 Å². The topological polar surface area (TPSA) is 89.5 Å². The van der Waals surface area contributed by atoms with Crippen molar-refractivity contribution in [3.05, 3.63) is 39.9 Å². The Morgan fingerprint density at radius 2 is 2.11 bits per heavy atom. The highest BCUT2D eigenvalue weighted by Crippen LogP contribution is 2.15. The van der Waals surface area contributed by atoms with Gasteiger partial charge in [0, 0.05) is 31.8 Å². The molecule has 1 aromatic carbocycles. The van der Waals surface area contributed by atoms with E-state index in [1.165, 1.54) is 17.0 Å². The highest BCUT2D eigenvalue weighted by atomic mass is 16.6. The second-order valence-corrected chi connectivity index (χ2v) is 4.77. The molecule has 2 atom stereocenters. The number of carbonyl (C=O) groups is 1. The Morgan fingerprint density at radius 3 is 2.63 bits per heavy atom. The maximum absolute atomic E-state index is 12.0. The molecule has 104 valence electrons. The number of hydrogen-bond donors (Lipinski definition) is 1. The third kappa shape index (κ3) is 4.03. The molecule has 0 heterocycles. The van der Waals surface area contributed by atoms with Gasteiger partial charge in [-0.2, -0.15) is 0 Å². The van der Waals surface area contributed by atoms with Crippen LogP contribution < -0.4 is 5.73 Å². The number of nitrogens with two attached hydrogens (primary N) is 1. The molecule has 0 spiro atoms. The molecule has 0 radical (unpaired) electrons. The Labute approximate surface area is 112 Å². The summed E-state index contributed by atoms with van der Waals surface area (Å²) in [6.45, 7) is 3.89. The number of non-ortho nitro benzene ring substituents is 1. The lowest BCUT2D eigenvalue weighted by Gasteiger charge is -2.23. The molecule has 6 heteroatoms. The summed E-state index contributed by atoms with van der Waals surface area (Å²) in [5.74, 6) is -0.342. The number of nitro groups is 1. The highest BCUT2D eigenvalue weighted by Gasteiger charge is 2.21. The summed E-state index contributed by atoms with van der Waals surface area (Å²) in [5.41, 5.74) is 6.45. The van der Waals surface area contributed by atoms with Crippen molar-refractivity contribution in [2.45, 2.75) is 26.4 Å². The van der Waals surface area contributed by atoms with Crippen molar-refractivity contribution in [1.82, 2.24) is 4.90 Å². The Kier molecular flexibility index (Phi) is 5.00. The SMILES string of the molecule is CC(N)C(C)C(=O)N(C)Cc1cccc([N+](=O)[O-])c1. The van der Waals surface area contributed by atoms with Gasteiger partial charge in [0.15, 0.2) is 0 Å². The van der Waals surface area contributed by atoms with E-state index < -0.39 is 4.92 Å². The first-order valence-corrected chi connectivity index (χ1v) is 6.06. The second-order valence-electron chi connectivity index (χ2n) is 4.77. The van der Waals surface area contributed by atoms with Crippen LogP contribution in [0.5, 0.6) is 0 Å². The Hall–Kier alpha value is -1.95. The van der Waals surface area contributed by atoms with E-state index in [-0.39, 0.29) is 23.6 Å². The van der Waals surface area contributed by atoms with E-state index >= 15 is 0 Å². The van der Waals surface area contributed by atoms with Crippen molar-refractivity contribution in [1.29, 1.82) is 0 Å². The summed E-state index contributed by atoms with van der Waals surface area (Å²) in [5, 5.41) is 10.7. The normalized spacial score (nSPS) is 13.7. The van der Waals surface area contributed by atoms with E-state index in [1.807, 2.05) is 0 Å². The number of nitrogens with zero attached hydrogens (tertiary/aromatic N) is 2. The predicted molar refractivity (Wildman–Crippen MR) is 72.4 cm³/mol. The number of hydrogen-bond acceptors (Lipinski definition) is 4. The van der Waals surface area contributed by atoms with E-state index in [4.69, 9.17) is 5.73 Å². The smallest absolute Gasteiger partial charge is 0.269 e. The molecule has 6 nitrogen and oxygen atoms in total. The number of nitro benzene ring substituents is 1. The summed E-state index contributed by atoms with van der Waals surface area (Å²) < 4.78 is 0. The zero-order valence-electron chi connectivity index (χ0n) is 11.4. The van der Waals surface area contributed by atoms with Gasteiger partial charge in [0.25, 0.3) is 5.69 Å².